The first kappa shape index (κ1) is 18.0. The third-order valence-corrected chi connectivity index (χ3v) is 7.79. The Morgan fingerprint density at radius 3 is 1.46 bits per heavy atom. The van der Waals surface area contributed by atoms with Crippen molar-refractivity contribution in [3.63, 3.8) is 0 Å². The molecule has 4 heteroatoms. The summed E-state index contributed by atoms with van der Waals surface area (Å²) < 4.78 is 14.3. The molecular weight excluding hydrogens is 343 g/mol. The first-order valence-corrected chi connectivity index (χ1v) is 10.1. The van der Waals surface area contributed by atoms with Gasteiger partial charge in [0.05, 0.1) is 0 Å². The molecule has 1 atom stereocenters. The Balaban J connectivity index is 2.24. The molecule has 3 rings (SSSR count). The minimum absolute atomic E-state index is 0.389. The molecule has 0 N–H and O–H groups in total. The third kappa shape index (κ3) is 3.31. The van der Waals surface area contributed by atoms with Crippen molar-refractivity contribution in [1.82, 2.24) is 0 Å². The maximum atomic E-state index is 14.3. The molecule has 26 heavy (non-hydrogen) atoms. The smallest absolute Gasteiger partial charge is 0.181 e. The van der Waals surface area contributed by atoms with Gasteiger partial charge in [0.1, 0.15) is 11.4 Å². The lowest BCUT2D eigenvalue weighted by molar-refractivity contribution is -0.115. The lowest BCUT2D eigenvalue weighted by atomic mass is 10.1. The van der Waals surface area contributed by atoms with Crippen molar-refractivity contribution in [2.24, 2.45) is 0 Å². The van der Waals surface area contributed by atoms with Crippen LogP contribution in [-0.4, -0.2) is 17.2 Å². The van der Waals surface area contributed by atoms with Gasteiger partial charge < -0.3 is 4.57 Å². The molecule has 0 heterocycles. The number of benzene rings is 3. The molecule has 0 saturated heterocycles. The average Bonchev–Trinajstić information content (AvgIpc) is 2.69. The van der Waals surface area contributed by atoms with Gasteiger partial charge >= 0.3 is 0 Å². The minimum atomic E-state index is -3.51. The van der Waals surface area contributed by atoms with Crippen molar-refractivity contribution < 1.29 is 14.2 Å². The van der Waals surface area contributed by atoms with Crippen molar-refractivity contribution in [3.8, 4) is 0 Å². The van der Waals surface area contributed by atoms with Gasteiger partial charge in [0.15, 0.2) is 12.9 Å². The molecule has 0 radical (unpaired) electrons. The van der Waals surface area contributed by atoms with Crippen LogP contribution in [0.3, 0.4) is 0 Å². The zero-order valence-electron chi connectivity index (χ0n) is 14.4. The van der Waals surface area contributed by atoms with Gasteiger partial charge in [0, 0.05) is 16.2 Å². The number of carbonyl (C=O) groups is 2. The standard InChI is InChI=1S/C22H19O3P/c1-17(23)22(21(24)18-11-5-2-6-12-18)26(25,19-13-7-3-8-14-19)20-15-9-4-10-16-20/h2-16,22H,1H3. The zero-order valence-corrected chi connectivity index (χ0v) is 15.3. The molecule has 0 amide bonds. The molecule has 3 nitrogen and oxygen atoms in total. The summed E-state index contributed by atoms with van der Waals surface area (Å²) in [5.41, 5.74) is -0.852. The van der Waals surface area contributed by atoms with Crippen LogP contribution in [-0.2, 0) is 9.36 Å². The Labute approximate surface area is 153 Å². The highest BCUT2D eigenvalue weighted by Crippen LogP contribution is 2.50. The van der Waals surface area contributed by atoms with Crippen LogP contribution in [0.1, 0.15) is 17.3 Å². The van der Waals surface area contributed by atoms with Crippen molar-refractivity contribution in [1.29, 1.82) is 0 Å². The predicted molar refractivity (Wildman–Crippen MR) is 105 cm³/mol. The van der Waals surface area contributed by atoms with Crippen LogP contribution in [0.2, 0.25) is 0 Å². The highest BCUT2D eigenvalue weighted by atomic mass is 31.2. The third-order valence-electron chi connectivity index (χ3n) is 4.33. The van der Waals surface area contributed by atoms with Gasteiger partial charge in [-0.05, 0) is 6.92 Å². The summed E-state index contributed by atoms with van der Waals surface area (Å²) in [7, 11) is -3.51. The molecule has 0 bridgehead atoms. The first-order chi connectivity index (χ1) is 12.5. The summed E-state index contributed by atoms with van der Waals surface area (Å²) in [4.78, 5) is 25.7. The van der Waals surface area contributed by atoms with Crippen molar-refractivity contribution in [3.05, 3.63) is 96.6 Å². The molecule has 0 saturated carbocycles. The average molecular weight is 362 g/mol. The fourth-order valence-corrected chi connectivity index (χ4v) is 6.23. The summed E-state index contributed by atoms with van der Waals surface area (Å²) in [6.45, 7) is 1.34. The van der Waals surface area contributed by atoms with Crippen LogP contribution in [0, 0.1) is 0 Å². The lowest BCUT2D eigenvalue weighted by Crippen LogP contribution is -2.36. The van der Waals surface area contributed by atoms with Gasteiger partial charge in [-0.2, -0.15) is 0 Å². The Morgan fingerprint density at radius 2 is 1.08 bits per heavy atom. The van der Waals surface area contributed by atoms with Gasteiger partial charge in [-0.15, -0.1) is 0 Å². The molecule has 0 aliphatic rings. The quantitative estimate of drug-likeness (QED) is 0.380. The SMILES string of the molecule is CC(=O)C(C(=O)c1ccccc1)P(=O)(c1ccccc1)c1ccccc1. The van der Waals surface area contributed by atoms with E-state index in [2.05, 4.69) is 0 Å². The van der Waals surface area contributed by atoms with Crippen molar-refractivity contribution in [2.75, 3.05) is 0 Å². The molecule has 0 aliphatic heterocycles. The van der Waals surface area contributed by atoms with E-state index in [1.54, 1.807) is 78.9 Å². The minimum Gasteiger partial charge on any atom is -0.312 e. The van der Waals surface area contributed by atoms with Crippen LogP contribution in [0.15, 0.2) is 91.0 Å². The van der Waals surface area contributed by atoms with Gasteiger partial charge in [-0.25, -0.2) is 0 Å². The molecule has 3 aromatic carbocycles. The van der Waals surface area contributed by atoms with Crippen LogP contribution >= 0.6 is 7.14 Å². The predicted octanol–water partition coefficient (Wildman–Crippen LogP) is 3.84. The summed E-state index contributed by atoms with van der Waals surface area (Å²) in [5.74, 6) is -0.802. The number of carbonyl (C=O) groups excluding carboxylic acids is 2. The van der Waals surface area contributed by atoms with Gasteiger partial charge in [-0.3, -0.25) is 9.59 Å². The second-order valence-corrected chi connectivity index (χ2v) is 8.94. The van der Waals surface area contributed by atoms with E-state index in [4.69, 9.17) is 0 Å². The van der Waals surface area contributed by atoms with Gasteiger partial charge in [0.25, 0.3) is 0 Å². The van der Waals surface area contributed by atoms with E-state index in [1.165, 1.54) is 6.92 Å². The number of rotatable bonds is 6. The maximum Gasteiger partial charge on any atom is 0.181 e. The van der Waals surface area contributed by atoms with E-state index in [0.717, 1.165) is 0 Å². The molecule has 0 spiro atoms. The number of hydrogen-bond acceptors (Lipinski definition) is 3. The second kappa shape index (κ2) is 7.63. The first-order valence-electron chi connectivity index (χ1n) is 8.36. The molecule has 1 unspecified atom stereocenters. The zero-order chi connectivity index (χ0) is 18.6. The number of ketones is 2. The fourth-order valence-electron chi connectivity index (χ4n) is 3.11. The van der Waals surface area contributed by atoms with Crippen LogP contribution < -0.4 is 10.6 Å². The van der Waals surface area contributed by atoms with E-state index in [0.29, 0.717) is 16.2 Å². The Morgan fingerprint density at radius 1 is 0.692 bits per heavy atom. The van der Waals surface area contributed by atoms with E-state index in [1.807, 2.05) is 12.1 Å². The summed E-state index contributed by atoms with van der Waals surface area (Å²) in [6, 6.07) is 26.2. The highest BCUT2D eigenvalue weighted by Gasteiger charge is 2.44. The van der Waals surface area contributed by atoms with Gasteiger partial charge in [-0.1, -0.05) is 91.0 Å². The topological polar surface area (TPSA) is 51.2 Å². The Bertz CT molecular complexity index is 907. The normalized spacial score (nSPS) is 12.3. The Hall–Kier alpha value is -2.77. The van der Waals surface area contributed by atoms with E-state index < -0.39 is 24.4 Å². The molecule has 0 aromatic heterocycles. The molecule has 0 fully saturated rings. The second-order valence-electron chi connectivity index (χ2n) is 6.07. The van der Waals surface area contributed by atoms with Crippen molar-refractivity contribution >= 4 is 29.3 Å². The van der Waals surface area contributed by atoms with Crippen LogP contribution in [0.4, 0.5) is 0 Å². The number of hydrogen-bond donors (Lipinski definition) is 0. The largest absolute Gasteiger partial charge is 0.312 e. The molecule has 3 aromatic rings. The monoisotopic (exact) mass is 362 g/mol. The van der Waals surface area contributed by atoms with E-state index >= 15 is 0 Å². The highest BCUT2D eigenvalue weighted by molar-refractivity contribution is 7.81. The van der Waals surface area contributed by atoms with Crippen molar-refractivity contribution in [2.45, 2.75) is 12.6 Å². The van der Waals surface area contributed by atoms with E-state index in [9.17, 15) is 14.2 Å². The molecular formula is C22H19O3P. The van der Waals surface area contributed by atoms with Crippen LogP contribution in [0.5, 0.6) is 0 Å². The summed E-state index contributed by atoms with van der Waals surface area (Å²) in [6.07, 6.45) is 0. The summed E-state index contributed by atoms with van der Waals surface area (Å²) >= 11 is 0. The lowest BCUT2D eigenvalue weighted by Gasteiger charge is -2.26. The maximum absolute atomic E-state index is 14.3. The van der Waals surface area contributed by atoms with Crippen LogP contribution in [0.25, 0.3) is 0 Å². The summed E-state index contributed by atoms with van der Waals surface area (Å²) in [5, 5.41) is 1.02. The molecule has 130 valence electrons. The van der Waals surface area contributed by atoms with E-state index in [-0.39, 0.29) is 0 Å². The number of Topliss-reactive ketones (excluding diaryl/α,β-unsaturated/α-hetero) is 2. The van der Waals surface area contributed by atoms with Gasteiger partial charge in [0.2, 0.25) is 0 Å². The Kier molecular flexibility index (Phi) is 5.29. The fraction of sp³-hybridized carbons (Fsp3) is 0.0909. The molecule has 0 aliphatic carbocycles.